The Bertz CT molecular complexity index is 64.6. The van der Waals surface area contributed by atoms with Crippen LogP contribution in [0.4, 0.5) is 0 Å². The van der Waals surface area contributed by atoms with Crippen LogP contribution >= 0.6 is 0 Å². The molecule has 1 aliphatic carbocycles. The van der Waals surface area contributed by atoms with Gasteiger partial charge in [-0.15, -0.1) is 0 Å². The minimum atomic E-state index is 0.657. The first kappa shape index (κ1) is 4.82. The molecule has 0 bridgehead atoms. The molecule has 1 rings (SSSR count). The van der Waals surface area contributed by atoms with Crippen LogP contribution < -0.4 is 0 Å². The predicted octanol–water partition coefficient (Wildman–Crippen LogP) is 1.29. The highest BCUT2D eigenvalue weighted by atomic mass is 16.1. The summed E-state index contributed by atoms with van der Waals surface area (Å²) in [6.45, 7) is 0. The van der Waals surface area contributed by atoms with Crippen LogP contribution in [0.1, 0.15) is 25.7 Å². The van der Waals surface area contributed by atoms with Crippen LogP contribution in [-0.4, -0.2) is 6.29 Å². The molecule has 39 valence electrons. The van der Waals surface area contributed by atoms with Crippen molar-refractivity contribution in [1.29, 1.82) is 0 Å². The van der Waals surface area contributed by atoms with E-state index in [0.717, 1.165) is 12.3 Å². The monoisotopic (exact) mass is 97.1 g/mol. The highest BCUT2D eigenvalue weighted by Gasteiger charge is 2.19. The van der Waals surface area contributed by atoms with Gasteiger partial charge in [-0.3, -0.25) is 4.79 Å². The van der Waals surface area contributed by atoms with Gasteiger partial charge in [-0.25, -0.2) is 0 Å². The maximum absolute atomic E-state index is 9.61. The minimum Gasteiger partial charge on any atom is -0.291 e. The second-order valence-electron chi connectivity index (χ2n) is 2.13. The Kier molecular flexibility index (Phi) is 1.45. The molecule has 0 aromatic heterocycles. The second kappa shape index (κ2) is 2.10. The average Bonchev–Trinajstić information content (AvgIpc) is 2.42. The number of rotatable bonds is 3. The first-order valence-corrected chi connectivity index (χ1v) is 2.78. The fourth-order valence-electron chi connectivity index (χ4n) is 0.670. The van der Waals surface area contributed by atoms with E-state index in [1.807, 2.05) is 6.29 Å². The van der Waals surface area contributed by atoms with Crippen LogP contribution in [0.5, 0.6) is 0 Å². The zero-order valence-corrected chi connectivity index (χ0v) is 4.31. The highest BCUT2D eigenvalue weighted by molar-refractivity contribution is 5.50. The summed E-state index contributed by atoms with van der Waals surface area (Å²) in [6, 6.07) is 0. The average molecular weight is 97.1 g/mol. The molecule has 7 heavy (non-hydrogen) atoms. The van der Waals surface area contributed by atoms with E-state index < -0.39 is 0 Å². The number of hydrogen-bond acceptors (Lipinski definition) is 1. The Balaban J connectivity index is 1.88. The zero-order valence-electron chi connectivity index (χ0n) is 4.31. The van der Waals surface area contributed by atoms with Crippen LogP contribution in [-0.2, 0) is 4.79 Å². The second-order valence-corrected chi connectivity index (χ2v) is 2.13. The maximum Gasteiger partial charge on any atom is 0.198 e. The molecule has 0 amide bonds. The smallest absolute Gasteiger partial charge is 0.198 e. The highest BCUT2D eigenvalue weighted by Crippen LogP contribution is 2.32. The van der Waals surface area contributed by atoms with Gasteiger partial charge < -0.3 is 0 Å². The third-order valence-electron chi connectivity index (χ3n) is 1.35. The molecule has 0 atom stereocenters. The normalized spacial score (nSPS) is 19.4. The van der Waals surface area contributed by atoms with E-state index in [0.29, 0.717) is 6.42 Å². The Morgan fingerprint density at radius 1 is 1.57 bits per heavy atom. The van der Waals surface area contributed by atoms with Crippen molar-refractivity contribution in [3.05, 3.63) is 0 Å². The molecule has 0 saturated heterocycles. The van der Waals surface area contributed by atoms with Crippen LogP contribution in [0.3, 0.4) is 0 Å². The molecular weight excluding hydrogens is 88.1 g/mol. The van der Waals surface area contributed by atoms with E-state index in [1.165, 1.54) is 12.8 Å². The van der Waals surface area contributed by atoms with Gasteiger partial charge in [0.25, 0.3) is 0 Å². The van der Waals surface area contributed by atoms with E-state index in [1.54, 1.807) is 0 Å². The van der Waals surface area contributed by atoms with Gasteiger partial charge in [-0.2, -0.15) is 0 Å². The van der Waals surface area contributed by atoms with Crippen molar-refractivity contribution in [2.45, 2.75) is 25.7 Å². The molecule has 0 unspecified atom stereocenters. The molecular formula is C6H9O. The minimum absolute atomic E-state index is 0.657. The molecule has 0 aliphatic heterocycles. The van der Waals surface area contributed by atoms with E-state index in [-0.39, 0.29) is 0 Å². The summed E-state index contributed by atoms with van der Waals surface area (Å²) in [5.74, 6) is 0.890. The SMILES string of the molecule is O=[C]CCC1CC1. The summed E-state index contributed by atoms with van der Waals surface area (Å²) in [7, 11) is 0. The molecule has 0 aromatic rings. The summed E-state index contributed by atoms with van der Waals surface area (Å²) < 4.78 is 0. The fourth-order valence-corrected chi connectivity index (χ4v) is 0.670. The Morgan fingerprint density at radius 3 is 2.71 bits per heavy atom. The van der Waals surface area contributed by atoms with Gasteiger partial charge in [-0.05, 0) is 12.3 Å². The summed E-state index contributed by atoms with van der Waals surface area (Å²) in [5.41, 5.74) is 0. The molecule has 0 aromatic carbocycles. The van der Waals surface area contributed by atoms with Crippen LogP contribution in [0.25, 0.3) is 0 Å². The largest absolute Gasteiger partial charge is 0.291 e. The molecule has 1 radical (unpaired) electrons. The fraction of sp³-hybridized carbons (Fsp3) is 0.833. The summed E-state index contributed by atoms with van der Waals surface area (Å²) in [6.07, 6.45) is 6.33. The van der Waals surface area contributed by atoms with Gasteiger partial charge in [0.1, 0.15) is 0 Å². The molecule has 0 heterocycles. The van der Waals surface area contributed by atoms with Crippen LogP contribution in [0, 0.1) is 5.92 Å². The molecule has 0 spiro atoms. The van der Waals surface area contributed by atoms with Crippen molar-refractivity contribution in [3.63, 3.8) is 0 Å². The van der Waals surface area contributed by atoms with Crippen molar-refractivity contribution in [2.24, 2.45) is 5.92 Å². The zero-order chi connectivity index (χ0) is 5.11. The van der Waals surface area contributed by atoms with Crippen molar-refractivity contribution in [3.8, 4) is 0 Å². The lowest BCUT2D eigenvalue weighted by Crippen LogP contribution is -1.75. The van der Waals surface area contributed by atoms with Gasteiger partial charge in [0, 0.05) is 6.42 Å². The van der Waals surface area contributed by atoms with Crippen molar-refractivity contribution in [1.82, 2.24) is 0 Å². The van der Waals surface area contributed by atoms with Gasteiger partial charge in [0.2, 0.25) is 0 Å². The number of hydrogen-bond donors (Lipinski definition) is 0. The van der Waals surface area contributed by atoms with Crippen LogP contribution in [0.15, 0.2) is 0 Å². The molecule has 1 aliphatic rings. The van der Waals surface area contributed by atoms with Gasteiger partial charge in [0.05, 0.1) is 0 Å². The number of carbonyl (C=O) groups excluding carboxylic acids is 1. The van der Waals surface area contributed by atoms with E-state index in [2.05, 4.69) is 0 Å². The summed E-state index contributed by atoms with van der Waals surface area (Å²) >= 11 is 0. The summed E-state index contributed by atoms with van der Waals surface area (Å²) in [4.78, 5) is 9.61. The Labute approximate surface area is 43.7 Å². The quantitative estimate of drug-likeness (QED) is 0.518. The lowest BCUT2D eigenvalue weighted by molar-refractivity contribution is 0.545. The third-order valence-corrected chi connectivity index (χ3v) is 1.35. The van der Waals surface area contributed by atoms with E-state index in [9.17, 15) is 4.79 Å². The first-order valence-electron chi connectivity index (χ1n) is 2.78. The third kappa shape index (κ3) is 1.72. The van der Waals surface area contributed by atoms with Gasteiger partial charge >= 0.3 is 0 Å². The van der Waals surface area contributed by atoms with Gasteiger partial charge in [-0.1, -0.05) is 12.8 Å². The lowest BCUT2D eigenvalue weighted by atomic mass is 10.2. The topological polar surface area (TPSA) is 17.1 Å². The van der Waals surface area contributed by atoms with E-state index >= 15 is 0 Å². The predicted molar refractivity (Wildman–Crippen MR) is 27.7 cm³/mol. The van der Waals surface area contributed by atoms with Crippen molar-refractivity contribution >= 4 is 6.29 Å². The lowest BCUT2D eigenvalue weighted by Gasteiger charge is -1.81. The molecule has 1 heteroatoms. The standard InChI is InChI=1S/C6H9O/c7-5-1-2-6-3-4-6/h6H,1-4H2. The van der Waals surface area contributed by atoms with E-state index in [4.69, 9.17) is 0 Å². The molecule has 0 N–H and O–H groups in total. The Hall–Kier alpha value is -0.330. The molecule has 1 nitrogen and oxygen atoms in total. The van der Waals surface area contributed by atoms with Crippen molar-refractivity contribution in [2.75, 3.05) is 0 Å². The van der Waals surface area contributed by atoms with Crippen molar-refractivity contribution < 1.29 is 4.79 Å². The van der Waals surface area contributed by atoms with Gasteiger partial charge in [0.15, 0.2) is 6.29 Å². The molecule has 1 saturated carbocycles. The maximum atomic E-state index is 9.61. The first-order chi connectivity index (χ1) is 3.43. The Morgan fingerprint density at radius 2 is 2.29 bits per heavy atom. The summed E-state index contributed by atoms with van der Waals surface area (Å²) in [5, 5.41) is 0. The van der Waals surface area contributed by atoms with Crippen LogP contribution in [0.2, 0.25) is 0 Å². The molecule has 1 fully saturated rings.